The molecule has 1 aliphatic rings. The van der Waals surface area contributed by atoms with E-state index in [1.54, 1.807) is 0 Å². The molecule has 0 amide bonds. The first kappa shape index (κ1) is 15.0. The maximum Gasteiger partial charge on any atom is 0.138 e. The van der Waals surface area contributed by atoms with Crippen molar-refractivity contribution < 1.29 is 5.11 Å². The summed E-state index contributed by atoms with van der Waals surface area (Å²) in [5.74, 6) is 2.04. The zero-order valence-electron chi connectivity index (χ0n) is 13.3. The summed E-state index contributed by atoms with van der Waals surface area (Å²) < 4.78 is 0. The predicted octanol–water partition coefficient (Wildman–Crippen LogP) is 2.24. The van der Waals surface area contributed by atoms with Gasteiger partial charge in [-0.1, -0.05) is 34.6 Å². The van der Waals surface area contributed by atoms with E-state index in [1.165, 1.54) is 0 Å². The molecule has 4 N–H and O–H groups in total. The van der Waals surface area contributed by atoms with Crippen LogP contribution in [0, 0.1) is 12.3 Å². The summed E-state index contributed by atoms with van der Waals surface area (Å²) in [4.78, 5) is 9.02. The monoisotopic (exact) mass is 278 g/mol. The number of nitrogens with zero attached hydrogens (tertiary/aromatic N) is 2. The van der Waals surface area contributed by atoms with Crippen molar-refractivity contribution in [1.82, 2.24) is 9.97 Å². The van der Waals surface area contributed by atoms with Gasteiger partial charge in [0.25, 0.3) is 0 Å². The van der Waals surface area contributed by atoms with E-state index in [4.69, 9.17) is 5.73 Å². The molecule has 2 atom stereocenters. The largest absolute Gasteiger partial charge is 0.392 e. The van der Waals surface area contributed by atoms with Crippen LogP contribution in [0.5, 0.6) is 0 Å². The van der Waals surface area contributed by atoms with Crippen molar-refractivity contribution in [2.45, 2.75) is 65.5 Å². The number of rotatable bonds is 2. The van der Waals surface area contributed by atoms with Crippen molar-refractivity contribution in [2.24, 2.45) is 5.41 Å². The zero-order valence-corrected chi connectivity index (χ0v) is 13.3. The lowest BCUT2D eigenvalue weighted by molar-refractivity contribution is -0.0511. The first-order valence-electron chi connectivity index (χ1n) is 7.12. The number of nitrogen functional groups attached to an aromatic ring is 1. The molecule has 0 spiro atoms. The van der Waals surface area contributed by atoms with Crippen LogP contribution in [-0.2, 0) is 5.41 Å². The summed E-state index contributed by atoms with van der Waals surface area (Å²) >= 11 is 0. The number of aromatic nitrogens is 2. The molecule has 0 saturated heterocycles. The van der Waals surface area contributed by atoms with Crippen molar-refractivity contribution in [3.63, 3.8) is 0 Å². The topological polar surface area (TPSA) is 84.1 Å². The summed E-state index contributed by atoms with van der Waals surface area (Å²) in [6, 6.07) is 0.207. The third-order valence-corrected chi connectivity index (χ3v) is 4.38. The Morgan fingerprint density at radius 1 is 1.30 bits per heavy atom. The molecule has 2 unspecified atom stereocenters. The fourth-order valence-electron chi connectivity index (χ4n) is 2.32. The quantitative estimate of drug-likeness (QED) is 0.772. The smallest absolute Gasteiger partial charge is 0.138 e. The van der Waals surface area contributed by atoms with Gasteiger partial charge >= 0.3 is 0 Å². The van der Waals surface area contributed by atoms with Crippen LogP contribution in [0.4, 0.5) is 11.6 Å². The highest BCUT2D eigenvalue weighted by molar-refractivity contribution is 5.56. The molecule has 1 fully saturated rings. The molecule has 5 heteroatoms. The van der Waals surface area contributed by atoms with Gasteiger partial charge in [0.1, 0.15) is 17.5 Å². The van der Waals surface area contributed by atoms with E-state index in [0.29, 0.717) is 5.82 Å². The minimum Gasteiger partial charge on any atom is -0.392 e. The van der Waals surface area contributed by atoms with Gasteiger partial charge in [-0.25, -0.2) is 9.97 Å². The highest BCUT2D eigenvalue weighted by Gasteiger charge is 2.47. The molecular weight excluding hydrogens is 252 g/mol. The van der Waals surface area contributed by atoms with Crippen LogP contribution in [0.25, 0.3) is 0 Å². The maximum atomic E-state index is 9.83. The Morgan fingerprint density at radius 3 is 2.35 bits per heavy atom. The lowest BCUT2D eigenvalue weighted by atomic mass is 9.64. The number of hydrogen-bond acceptors (Lipinski definition) is 5. The van der Waals surface area contributed by atoms with Crippen LogP contribution in [-0.4, -0.2) is 27.2 Å². The number of nitrogens with one attached hydrogen (secondary N) is 1. The maximum absolute atomic E-state index is 9.83. The normalized spacial score (nSPS) is 25.1. The van der Waals surface area contributed by atoms with Crippen LogP contribution in [0.2, 0.25) is 0 Å². The summed E-state index contributed by atoms with van der Waals surface area (Å²) in [5, 5.41) is 13.3. The van der Waals surface area contributed by atoms with Crippen molar-refractivity contribution >= 4 is 11.6 Å². The minimum absolute atomic E-state index is 0.145. The van der Waals surface area contributed by atoms with Crippen molar-refractivity contribution in [2.75, 3.05) is 11.1 Å². The Hall–Kier alpha value is -1.36. The lowest BCUT2D eigenvalue weighted by Gasteiger charge is -2.49. The van der Waals surface area contributed by atoms with E-state index in [9.17, 15) is 5.11 Å². The van der Waals surface area contributed by atoms with Gasteiger partial charge in [-0.2, -0.15) is 0 Å². The first-order valence-corrected chi connectivity index (χ1v) is 7.12. The van der Waals surface area contributed by atoms with E-state index in [2.05, 4.69) is 49.9 Å². The average Bonchev–Trinajstić information content (AvgIpc) is 2.32. The zero-order chi connectivity index (χ0) is 15.3. The molecule has 5 nitrogen and oxygen atoms in total. The van der Waals surface area contributed by atoms with Gasteiger partial charge in [0, 0.05) is 22.4 Å². The molecule has 20 heavy (non-hydrogen) atoms. The molecule has 1 aliphatic carbocycles. The SMILES string of the molecule is Cc1c(N)nc(C(C)(C)C)nc1NC1CC(O)C1(C)C. The van der Waals surface area contributed by atoms with E-state index in [1.807, 2.05) is 6.92 Å². The molecule has 0 radical (unpaired) electrons. The Bertz CT molecular complexity index is 519. The van der Waals surface area contributed by atoms with Crippen molar-refractivity contribution in [3.8, 4) is 0 Å². The molecule has 2 rings (SSSR count). The molecule has 0 aliphatic heterocycles. The van der Waals surface area contributed by atoms with E-state index in [0.717, 1.165) is 23.6 Å². The second kappa shape index (κ2) is 4.58. The van der Waals surface area contributed by atoms with Gasteiger partial charge in [-0.15, -0.1) is 0 Å². The minimum atomic E-state index is -0.262. The third kappa shape index (κ3) is 2.46. The van der Waals surface area contributed by atoms with Gasteiger partial charge in [0.15, 0.2) is 0 Å². The van der Waals surface area contributed by atoms with Crippen molar-refractivity contribution in [3.05, 3.63) is 11.4 Å². The molecule has 1 heterocycles. The molecule has 0 aromatic carbocycles. The van der Waals surface area contributed by atoms with Crippen LogP contribution in [0.15, 0.2) is 0 Å². The Balaban J connectivity index is 2.31. The third-order valence-electron chi connectivity index (χ3n) is 4.38. The van der Waals surface area contributed by atoms with Gasteiger partial charge in [-0.3, -0.25) is 0 Å². The molecule has 112 valence electrons. The number of hydrogen-bond donors (Lipinski definition) is 3. The number of anilines is 2. The predicted molar refractivity (Wildman–Crippen MR) is 81.7 cm³/mol. The van der Waals surface area contributed by atoms with Gasteiger partial charge in [-0.05, 0) is 13.3 Å². The Labute approximate surface area is 121 Å². The fourth-order valence-corrected chi connectivity index (χ4v) is 2.32. The highest BCUT2D eigenvalue weighted by Crippen LogP contribution is 2.42. The Kier molecular flexibility index (Phi) is 3.45. The van der Waals surface area contributed by atoms with E-state index >= 15 is 0 Å². The average molecular weight is 278 g/mol. The Morgan fingerprint density at radius 2 is 1.90 bits per heavy atom. The fraction of sp³-hybridized carbons (Fsp3) is 0.733. The molecule has 0 bridgehead atoms. The second-order valence-corrected chi connectivity index (χ2v) is 7.43. The molecule has 1 saturated carbocycles. The van der Waals surface area contributed by atoms with Crippen LogP contribution in [0.1, 0.15) is 52.4 Å². The standard InChI is InChI=1S/C15H26N4O/c1-8-11(16)18-13(14(2,3)4)19-12(8)17-9-7-10(20)15(9,5)6/h9-10,20H,7H2,1-6H3,(H3,16,17,18,19). The van der Waals surface area contributed by atoms with Crippen molar-refractivity contribution in [1.29, 1.82) is 0 Å². The van der Waals surface area contributed by atoms with Crippen LogP contribution in [0.3, 0.4) is 0 Å². The summed E-state index contributed by atoms with van der Waals surface area (Å²) in [5.41, 5.74) is 6.59. The number of aliphatic hydroxyl groups is 1. The number of aliphatic hydroxyl groups excluding tert-OH is 1. The highest BCUT2D eigenvalue weighted by atomic mass is 16.3. The van der Waals surface area contributed by atoms with Gasteiger partial charge in [0.2, 0.25) is 0 Å². The molecule has 1 aromatic rings. The molecular formula is C15H26N4O. The summed E-state index contributed by atoms with van der Waals surface area (Å²) in [7, 11) is 0. The van der Waals surface area contributed by atoms with E-state index in [-0.39, 0.29) is 23.0 Å². The van der Waals surface area contributed by atoms with Gasteiger partial charge < -0.3 is 16.2 Å². The summed E-state index contributed by atoms with van der Waals surface area (Å²) in [6.45, 7) is 12.2. The van der Waals surface area contributed by atoms with Crippen LogP contribution >= 0.6 is 0 Å². The molecule has 1 aromatic heterocycles. The lowest BCUT2D eigenvalue weighted by Crippen LogP contribution is -2.57. The van der Waals surface area contributed by atoms with Crippen LogP contribution < -0.4 is 11.1 Å². The second-order valence-electron chi connectivity index (χ2n) is 7.43. The summed E-state index contributed by atoms with van der Waals surface area (Å²) in [6.07, 6.45) is 0.475. The number of nitrogens with two attached hydrogens (primary N) is 1. The first-order chi connectivity index (χ1) is 9.03. The van der Waals surface area contributed by atoms with Gasteiger partial charge in [0.05, 0.1) is 6.10 Å². The van der Waals surface area contributed by atoms with E-state index < -0.39 is 0 Å².